The molecule has 0 radical (unpaired) electrons. The van der Waals surface area contributed by atoms with E-state index in [0.717, 1.165) is 31.1 Å². The summed E-state index contributed by atoms with van der Waals surface area (Å²) in [5, 5.41) is 3.23. The zero-order valence-corrected chi connectivity index (χ0v) is 11.5. The molecule has 110 valence electrons. The van der Waals surface area contributed by atoms with Gasteiger partial charge in [0.2, 0.25) is 0 Å². The first-order valence-electron chi connectivity index (χ1n) is 6.95. The fourth-order valence-electron chi connectivity index (χ4n) is 2.46. The highest BCUT2D eigenvalue weighted by molar-refractivity contribution is 5.63. The maximum atomic E-state index is 13.9. The van der Waals surface area contributed by atoms with Crippen LogP contribution >= 0.6 is 0 Å². The number of hydrogen-bond acceptors (Lipinski definition) is 3. The molecule has 21 heavy (non-hydrogen) atoms. The van der Waals surface area contributed by atoms with E-state index in [2.05, 4.69) is 10.3 Å². The van der Waals surface area contributed by atoms with Crippen LogP contribution < -0.4 is 5.32 Å². The average molecular weight is 290 g/mol. The van der Waals surface area contributed by atoms with Gasteiger partial charge in [-0.05, 0) is 31.2 Å². The van der Waals surface area contributed by atoms with Crippen LogP contribution in [0.15, 0.2) is 36.5 Å². The van der Waals surface area contributed by atoms with Gasteiger partial charge in [-0.15, -0.1) is 0 Å². The fraction of sp³-hybridized carbons (Fsp3) is 0.312. The zero-order valence-electron chi connectivity index (χ0n) is 11.5. The van der Waals surface area contributed by atoms with Crippen molar-refractivity contribution in [2.24, 2.45) is 0 Å². The minimum Gasteiger partial charge on any atom is -0.372 e. The molecular weight excluding hydrogens is 274 g/mol. The van der Waals surface area contributed by atoms with Gasteiger partial charge in [0.15, 0.2) is 0 Å². The van der Waals surface area contributed by atoms with Crippen LogP contribution in [-0.4, -0.2) is 24.2 Å². The van der Waals surface area contributed by atoms with Gasteiger partial charge in [0.1, 0.15) is 11.6 Å². The Kier molecular flexibility index (Phi) is 4.22. The van der Waals surface area contributed by atoms with Gasteiger partial charge < -0.3 is 10.1 Å². The first kappa shape index (κ1) is 14.1. The van der Waals surface area contributed by atoms with Crippen molar-refractivity contribution in [1.82, 2.24) is 10.3 Å². The third-order valence-corrected chi connectivity index (χ3v) is 3.57. The second-order valence-corrected chi connectivity index (χ2v) is 5.06. The van der Waals surface area contributed by atoms with E-state index in [4.69, 9.17) is 4.74 Å². The van der Waals surface area contributed by atoms with Crippen LogP contribution in [0, 0.1) is 11.6 Å². The van der Waals surface area contributed by atoms with E-state index in [1.807, 2.05) is 6.07 Å². The van der Waals surface area contributed by atoms with Crippen LogP contribution in [0.5, 0.6) is 0 Å². The Hall–Kier alpha value is -1.85. The molecule has 2 aromatic rings. The van der Waals surface area contributed by atoms with Gasteiger partial charge in [-0.2, -0.15) is 0 Å². The number of nitrogens with one attached hydrogen (secondary N) is 1. The number of hydrogen-bond donors (Lipinski definition) is 1. The molecule has 0 spiro atoms. The van der Waals surface area contributed by atoms with Crippen LogP contribution in [0.4, 0.5) is 8.78 Å². The van der Waals surface area contributed by atoms with Crippen molar-refractivity contribution < 1.29 is 13.5 Å². The highest BCUT2D eigenvalue weighted by Gasteiger charge is 2.17. The van der Waals surface area contributed by atoms with E-state index >= 15 is 0 Å². The number of rotatable bonds is 4. The molecule has 3 nitrogen and oxygen atoms in total. The summed E-state index contributed by atoms with van der Waals surface area (Å²) in [5.74, 6) is -1.21. The van der Waals surface area contributed by atoms with Gasteiger partial charge in [-0.1, -0.05) is 6.07 Å². The predicted octanol–water partition coefficient (Wildman–Crippen LogP) is 2.91. The SMILES string of the molecule is Fc1ccc(-c2ncccc2CO[C@H]2CCNC2)c(F)c1. The maximum absolute atomic E-state index is 13.9. The summed E-state index contributed by atoms with van der Waals surface area (Å²) in [4.78, 5) is 4.23. The maximum Gasteiger partial charge on any atom is 0.135 e. The first-order chi connectivity index (χ1) is 10.2. The number of nitrogens with zero attached hydrogens (tertiary/aromatic N) is 1. The molecule has 1 aromatic carbocycles. The summed E-state index contributed by atoms with van der Waals surface area (Å²) in [5.41, 5.74) is 1.59. The molecule has 0 saturated carbocycles. The topological polar surface area (TPSA) is 34.1 Å². The fourth-order valence-corrected chi connectivity index (χ4v) is 2.46. The quantitative estimate of drug-likeness (QED) is 0.940. The van der Waals surface area contributed by atoms with Crippen molar-refractivity contribution in [3.8, 4) is 11.3 Å². The highest BCUT2D eigenvalue weighted by Crippen LogP contribution is 2.25. The largest absolute Gasteiger partial charge is 0.372 e. The molecule has 1 aromatic heterocycles. The molecule has 3 rings (SSSR count). The van der Waals surface area contributed by atoms with E-state index in [0.29, 0.717) is 17.9 Å². The molecule has 5 heteroatoms. The molecule has 0 unspecified atom stereocenters. The Balaban J connectivity index is 1.84. The second kappa shape index (κ2) is 6.28. The third-order valence-electron chi connectivity index (χ3n) is 3.57. The van der Waals surface area contributed by atoms with E-state index in [9.17, 15) is 8.78 Å². The minimum absolute atomic E-state index is 0.177. The normalized spacial score (nSPS) is 18.1. The Labute approximate surface area is 122 Å². The molecule has 1 N–H and O–H groups in total. The number of aromatic nitrogens is 1. The molecule has 1 aliphatic heterocycles. The first-order valence-corrected chi connectivity index (χ1v) is 6.95. The molecule has 0 aliphatic carbocycles. The Morgan fingerprint density at radius 1 is 1.29 bits per heavy atom. The summed E-state index contributed by atoms with van der Waals surface area (Å²) < 4.78 is 32.8. The minimum atomic E-state index is -0.613. The lowest BCUT2D eigenvalue weighted by Gasteiger charge is -2.13. The second-order valence-electron chi connectivity index (χ2n) is 5.06. The van der Waals surface area contributed by atoms with E-state index in [1.165, 1.54) is 12.1 Å². The molecule has 1 saturated heterocycles. The van der Waals surface area contributed by atoms with Gasteiger partial charge in [-0.25, -0.2) is 8.78 Å². The standard InChI is InChI=1S/C16H16F2N2O/c17-12-3-4-14(15(18)8-12)16-11(2-1-6-20-16)10-21-13-5-7-19-9-13/h1-4,6,8,13,19H,5,7,9-10H2/t13-/m0/s1. The molecule has 1 atom stereocenters. The molecule has 2 heterocycles. The van der Waals surface area contributed by atoms with Crippen LogP contribution in [-0.2, 0) is 11.3 Å². The van der Waals surface area contributed by atoms with Crippen molar-refractivity contribution in [2.75, 3.05) is 13.1 Å². The van der Waals surface area contributed by atoms with Crippen molar-refractivity contribution in [2.45, 2.75) is 19.1 Å². The van der Waals surface area contributed by atoms with Crippen molar-refractivity contribution in [3.05, 3.63) is 53.7 Å². The number of ether oxygens (including phenoxy) is 1. The molecule has 0 bridgehead atoms. The number of benzene rings is 1. The van der Waals surface area contributed by atoms with Gasteiger partial charge >= 0.3 is 0 Å². The Morgan fingerprint density at radius 2 is 2.19 bits per heavy atom. The average Bonchev–Trinajstić information content (AvgIpc) is 2.99. The van der Waals surface area contributed by atoms with Crippen LogP contribution in [0.2, 0.25) is 0 Å². The summed E-state index contributed by atoms with van der Waals surface area (Å²) in [6, 6.07) is 7.16. The molecule has 0 amide bonds. The van der Waals surface area contributed by atoms with Crippen molar-refractivity contribution in [3.63, 3.8) is 0 Å². The Bertz CT molecular complexity index is 627. The summed E-state index contributed by atoms with van der Waals surface area (Å²) >= 11 is 0. The van der Waals surface area contributed by atoms with E-state index in [1.54, 1.807) is 12.3 Å². The van der Waals surface area contributed by atoms with Crippen LogP contribution in [0.3, 0.4) is 0 Å². The summed E-state index contributed by atoms with van der Waals surface area (Å²) in [7, 11) is 0. The van der Waals surface area contributed by atoms with Crippen molar-refractivity contribution in [1.29, 1.82) is 0 Å². The third kappa shape index (κ3) is 3.25. The summed E-state index contributed by atoms with van der Waals surface area (Å²) in [6.45, 7) is 2.16. The number of pyridine rings is 1. The molecule has 1 aliphatic rings. The number of halogens is 2. The van der Waals surface area contributed by atoms with Gasteiger partial charge in [0, 0.05) is 29.9 Å². The van der Waals surface area contributed by atoms with Gasteiger partial charge in [0.25, 0.3) is 0 Å². The highest BCUT2D eigenvalue weighted by atomic mass is 19.1. The predicted molar refractivity (Wildman–Crippen MR) is 75.7 cm³/mol. The zero-order chi connectivity index (χ0) is 14.7. The molecule has 1 fully saturated rings. The van der Waals surface area contributed by atoms with Crippen LogP contribution in [0.1, 0.15) is 12.0 Å². The Morgan fingerprint density at radius 3 is 2.95 bits per heavy atom. The monoisotopic (exact) mass is 290 g/mol. The van der Waals surface area contributed by atoms with Gasteiger partial charge in [0.05, 0.1) is 18.4 Å². The van der Waals surface area contributed by atoms with Crippen molar-refractivity contribution >= 4 is 0 Å². The summed E-state index contributed by atoms with van der Waals surface area (Å²) in [6.07, 6.45) is 2.75. The van der Waals surface area contributed by atoms with Crippen LogP contribution in [0.25, 0.3) is 11.3 Å². The lowest BCUT2D eigenvalue weighted by atomic mass is 10.1. The molecular formula is C16H16F2N2O. The van der Waals surface area contributed by atoms with E-state index in [-0.39, 0.29) is 6.10 Å². The van der Waals surface area contributed by atoms with E-state index < -0.39 is 11.6 Å². The van der Waals surface area contributed by atoms with Gasteiger partial charge in [-0.3, -0.25) is 4.98 Å². The smallest absolute Gasteiger partial charge is 0.135 e. The lowest BCUT2D eigenvalue weighted by Crippen LogP contribution is -2.16. The lowest BCUT2D eigenvalue weighted by molar-refractivity contribution is 0.0543.